The summed E-state index contributed by atoms with van der Waals surface area (Å²) in [5.41, 5.74) is 1.95. The van der Waals surface area contributed by atoms with E-state index in [1.165, 1.54) is 0 Å². The first kappa shape index (κ1) is 12.2. The Morgan fingerprint density at radius 2 is 2.12 bits per heavy atom. The number of nitrogens with zero attached hydrogens (tertiary/aromatic N) is 1. The van der Waals surface area contributed by atoms with E-state index in [9.17, 15) is 4.79 Å². The molecule has 0 saturated carbocycles. The van der Waals surface area contributed by atoms with Gasteiger partial charge in [-0.05, 0) is 31.5 Å². The summed E-state index contributed by atoms with van der Waals surface area (Å²) in [7, 11) is 0. The predicted molar refractivity (Wildman–Crippen MR) is 63.9 cm³/mol. The largest absolute Gasteiger partial charge is 0.334 e. The van der Waals surface area contributed by atoms with E-state index in [0.29, 0.717) is 6.54 Å². The number of aromatic nitrogens is 1. The van der Waals surface area contributed by atoms with E-state index in [1.807, 2.05) is 26.0 Å². The quantitative estimate of drug-likeness (QED) is 0.759. The highest BCUT2D eigenvalue weighted by atomic mass is 16.2. The Kier molecular flexibility index (Phi) is 4.51. The van der Waals surface area contributed by atoms with E-state index in [-0.39, 0.29) is 12.1 Å². The van der Waals surface area contributed by atoms with Gasteiger partial charge in [0, 0.05) is 25.0 Å². The molecule has 0 aliphatic rings. The minimum Gasteiger partial charge on any atom is -0.334 e. The summed E-state index contributed by atoms with van der Waals surface area (Å²) in [6.45, 7) is 8.05. The average Bonchev–Trinajstić information content (AvgIpc) is 2.27. The SMILES string of the molecule is C=C(C)[C@@H](C)NC(=O)NCc1ccncc1. The first-order valence-corrected chi connectivity index (χ1v) is 5.18. The normalized spacial score (nSPS) is 11.6. The minimum absolute atomic E-state index is 0.0163. The third-order valence-electron chi connectivity index (χ3n) is 2.29. The highest BCUT2D eigenvalue weighted by Crippen LogP contribution is 1.97. The highest BCUT2D eigenvalue weighted by molar-refractivity contribution is 5.74. The maximum Gasteiger partial charge on any atom is 0.315 e. The van der Waals surface area contributed by atoms with Crippen molar-refractivity contribution < 1.29 is 4.79 Å². The van der Waals surface area contributed by atoms with Gasteiger partial charge in [0.05, 0.1) is 0 Å². The summed E-state index contributed by atoms with van der Waals surface area (Å²) in [6, 6.07) is 3.52. The second-order valence-corrected chi connectivity index (χ2v) is 3.75. The number of rotatable bonds is 4. The number of amides is 2. The van der Waals surface area contributed by atoms with Gasteiger partial charge in [0.2, 0.25) is 0 Å². The second kappa shape index (κ2) is 5.90. The van der Waals surface area contributed by atoms with E-state index >= 15 is 0 Å². The van der Waals surface area contributed by atoms with Crippen LogP contribution in [0.5, 0.6) is 0 Å². The minimum atomic E-state index is -0.188. The molecule has 0 unspecified atom stereocenters. The molecule has 0 bridgehead atoms. The molecule has 0 aromatic carbocycles. The lowest BCUT2D eigenvalue weighted by Crippen LogP contribution is -2.40. The summed E-state index contributed by atoms with van der Waals surface area (Å²) >= 11 is 0. The third kappa shape index (κ3) is 4.13. The van der Waals surface area contributed by atoms with Crippen LogP contribution in [0, 0.1) is 0 Å². The molecule has 2 N–H and O–H groups in total. The molecular weight excluding hydrogens is 202 g/mol. The fraction of sp³-hybridized carbons (Fsp3) is 0.333. The molecule has 16 heavy (non-hydrogen) atoms. The first-order chi connectivity index (χ1) is 7.59. The monoisotopic (exact) mass is 219 g/mol. The Bertz CT molecular complexity index is 362. The van der Waals surface area contributed by atoms with Crippen LogP contribution in [-0.4, -0.2) is 17.1 Å². The number of urea groups is 1. The van der Waals surface area contributed by atoms with Crippen molar-refractivity contribution in [3.8, 4) is 0 Å². The lowest BCUT2D eigenvalue weighted by Gasteiger charge is -2.14. The van der Waals surface area contributed by atoms with Crippen LogP contribution in [0.4, 0.5) is 4.79 Å². The molecule has 0 spiro atoms. The number of carbonyl (C=O) groups excluding carboxylic acids is 1. The summed E-state index contributed by atoms with van der Waals surface area (Å²) in [5, 5.41) is 5.55. The summed E-state index contributed by atoms with van der Waals surface area (Å²) in [4.78, 5) is 15.4. The van der Waals surface area contributed by atoms with Gasteiger partial charge in [-0.1, -0.05) is 12.2 Å². The zero-order chi connectivity index (χ0) is 12.0. The van der Waals surface area contributed by atoms with E-state index in [4.69, 9.17) is 0 Å². The smallest absolute Gasteiger partial charge is 0.315 e. The van der Waals surface area contributed by atoms with Crippen molar-refractivity contribution >= 4 is 6.03 Å². The molecule has 1 atom stereocenters. The number of carbonyl (C=O) groups is 1. The zero-order valence-corrected chi connectivity index (χ0v) is 9.66. The van der Waals surface area contributed by atoms with E-state index in [2.05, 4.69) is 22.2 Å². The van der Waals surface area contributed by atoms with Crippen LogP contribution in [0.1, 0.15) is 19.4 Å². The Balaban J connectivity index is 2.33. The van der Waals surface area contributed by atoms with Crippen molar-refractivity contribution in [2.45, 2.75) is 26.4 Å². The Labute approximate surface area is 95.8 Å². The molecule has 1 aromatic rings. The molecule has 4 heteroatoms. The fourth-order valence-corrected chi connectivity index (χ4v) is 1.05. The van der Waals surface area contributed by atoms with Gasteiger partial charge in [-0.25, -0.2) is 4.79 Å². The third-order valence-corrected chi connectivity index (χ3v) is 2.29. The van der Waals surface area contributed by atoms with Gasteiger partial charge in [-0.2, -0.15) is 0 Å². The Hall–Kier alpha value is -1.84. The number of hydrogen-bond donors (Lipinski definition) is 2. The van der Waals surface area contributed by atoms with Crippen LogP contribution in [-0.2, 0) is 6.54 Å². The van der Waals surface area contributed by atoms with Gasteiger partial charge < -0.3 is 10.6 Å². The average molecular weight is 219 g/mol. The molecule has 86 valence electrons. The first-order valence-electron chi connectivity index (χ1n) is 5.18. The van der Waals surface area contributed by atoms with Gasteiger partial charge >= 0.3 is 6.03 Å². The van der Waals surface area contributed by atoms with Crippen LogP contribution in [0.2, 0.25) is 0 Å². The van der Waals surface area contributed by atoms with Crippen LogP contribution < -0.4 is 10.6 Å². The van der Waals surface area contributed by atoms with E-state index in [1.54, 1.807) is 12.4 Å². The molecule has 1 heterocycles. The molecule has 0 radical (unpaired) electrons. The van der Waals surface area contributed by atoms with Gasteiger partial charge in [0.15, 0.2) is 0 Å². The van der Waals surface area contributed by atoms with E-state index in [0.717, 1.165) is 11.1 Å². The van der Waals surface area contributed by atoms with Crippen LogP contribution in [0.3, 0.4) is 0 Å². The molecule has 2 amide bonds. The molecule has 0 saturated heterocycles. The van der Waals surface area contributed by atoms with Gasteiger partial charge in [0.1, 0.15) is 0 Å². The second-order valence-electron chi connectivity index (χ2n) is 3.75. The molecule has 4 nitrogen and oxygen atoms in total. The number of nitrogens with one attached hydrogen (secondary N) is 2. The molecular formula is C12H17N3O. The van der Waals surface area contributed by atoms with Crippen molar-refractivity contribution in [1.82, 2.24) is 15.6 Å². The van der Waals surface area contributed by atoms with Crippen LogP contribution >= 0.6 is 0 Å². The van der Waals surface area contributed by atoms with Gasteiger partial charge in [0.25, 0.3) is 0 Å². The van der Waals surface area contributed by atoms with Crippen molar-refractivity contribution in [3.05, 3.63) is 42.2 Å². The zero-order valence-electron chi connectivity index (χ0n) is 9.66. The van der Waals surface area contributed by atoms with Crippen molar-refractivity contribution in [2.24, 2.45) is 0 Å². The molecule has 0 aliphatic heterocycles. The van der Waals surface area contributed by atoms with Crippen molar-refractivity contribution in [3.63, 3.8) is 0 Å². The van der Waals surface area contributed by atoms with Crippen molar-refractivity contribution in [1.29, 1.82) is 0 Å². The van der Waals surface area contributed by atoms with Crippen molar-refractivity contribution in [2.75, 3.05) is 0 Å². The van der Waals surface area contributed by atoms with Gasteiger partial charge in [-0.15, -0.1) is 0 Å². The summed E-state index contributed by atoms with van der Waals surface area (Å²) in [6.07, 6.45) is 3.40. The lowest BCUT2D eigenvalue weighted by atomic mass is 10.2. The highest BCUT2D eigenvalue weighted by Gasteiger charge is 2.06. The molecule has 1 aromatic heterocycles. The summed E-state index contributed by atoms with van der Waals surface area (Å²) < 4.78 is 0. The van der Waals surface area contributed by atoms with Gasteiger partial charge in [-0.3, -0.25) is 4.98 Å². The maximum absolute atomic E-state index is 11.5. The summed E-state index contributed by atoms with van der Waals surface area (Å²) in [5.74, 6) is 0. The Morgan fingerprint density at radius 3 is 2.69 bits per heavy atom. The topological polar surface area (TPSA) is 54.0 Å². The standard InChI is InChI=1S/C12H17N3O/c1-9(2)10(3)15-12(16)14-8-11-4-6-13-7-5-11/h4-7,10H,1,8H2,2-3H3,(H2,14,15,16)/t10-/m1/s1. The maximum atomic E-state index is 11.5. The molecule has 0 fully saturated rings. The van der Waals surface area contributed by atoms with E-state index < -0.39 is 0 Å². The predicted octanol–water partition coefficient (Wildman–Crippen LogP) is 1.85. The number of hydrogen-bond acceptors (Lipinski definition) is 2. The Morgan fingerprint density at radius 1 is 1.50 bits per heavy atom. The molecule has 1 rings (SSSR count). The number of pyridine rings is 1. The molecule has 0 aliphatic carbocycles. The van der Waals surface area contributed by atoms with Crippen LogP contribution in [0.15, 0.2) is 36.7 Å². The lowest BCUT2D eigenvalue weighted by molar-refractivity contribution is 0.238. The van der Waals surface area contributed by atoms with Crippen LogP contribution in [0.25, 0.3) is 0 Å². The fourth-order valence-electron chi connectivity index (χ4n) is 1.05.